The summed E-state index contributed by atoms with van der Waals surface area (Å²) in [6, 6.07) is 7.23. The number of hydrogen-bond donors (Lipinski definition) is 3. The molecule has 1 atom stereocenters. The van der Waals surface area contributed by atoms with Crippen molar-refractivity contribution >= 4 is 17.5 Å². The van der Waals surface area contributed by atoms with Gasteiger partial charge in [-0.05, 0) is 51.7 Å². The van der Waals surface area contributed by atoms with E-state index in [1.54, 1.807) is 12.3 Å². The molecule has 0 aromatic carbocycles. The summed E-state index contributed by atoms with van der Waals surface area (Å²) in [6.45, 7) is 5.80. The molecule has 3 N–H and O–H groups in total. The third-order valence-corrected chi connectivity index (χ3v) is 7.21. The van der Waals surface area contributed by atoms with Crippen molar-refractivity contribution in [3.05, 3.63) is 71.4 Å². The van der Waals surface area contributed by atoms with Crippen LogP contribution in [0.2, 0.25) is 0 Å². The van der Waals surface area contributed by atoms with Crippen LogP contribution in [0.4, 0.5) is 16.0 Å². The average molecular weight is 488 g/mol. The van der Waals surface area contributed by atoms with E-state index in [9.17, 15) is 9.18 Å². The molecule has 0 radical (unpaired) electrons. The summed E-state index contributed by atoms with van der Waals surface area (Å²) in [7, 11) is 0. The van der Waals surface area contributed by atoms with Crippen molar-refractivity contribution in [2.75, 3.05) is 5.32 Å². The molecule has 4 heterocycles. The number of nitrogens with zero attached hydrogens (tertiary/aromatic N) is 6. The minimum Gasteiger partial charge on any atom is -0.349 e. The van der Waals surface area contributed by atoms with Crippen LogP contribution in [0.15, 0.2) is 42.9 Å². The zero-order valence-corrected chi connectivity index (χ0v) is 20.2. The molecule has 4 aromatic heterocycles. The highest BCUT2D eigenvalue weighted by molar-refractivity contribution is 5.87. The number of aromatic nitrogens is 7. The molecule has 184 valence electrons. The van der Waals surface area contributed by atoms with E-state index in [-0.39, 0.29) is 22.8 Å². The predicted octanol–water partition coefficient (Wildman–Crippen LogP) is 3.58. The molecule has 0 spiro atoms. The number of aromatic amines is 1. The van der Waals surface area contributed by atoms with Crippen molar-refractivity contribution in [3.8, 4) is 5.82 Å². The van der Waals surface area contributed by atoms with E-state index in [2.05, 4.69) is 30.9 Å². The number of pyridine rings is 1. The van der Waals surface area contributed by atoms with Crippen molar-refractivity contribution in [1.29, 1.82) is 0 Å². The first-order valence-electron chi connectivity index (χ1n) is 11.9. The Morgan fingerprint density at radius 3 is 2.58 bits per heavy atom. The maximum atomic E-state index is 13.2. The Bertz CT molecular complexity index is 1440. The van der Waals surface area contributed by atoms with Gasteiger partial charge in [-0.25, -0.2) is 24.0 Å². The molecular weight excluding hydrogens is 461 g/mol. The zero-order valence-electron chi connectivity index (χ0n) is 20.2. The van der Waals surface area contributed by atoms with Crippen LogP contribution in [0.1, 0.15) is 55.0 Å². The van der Waals surface area contributed by atoms with E-state index in [4.69, 9.17) is 9.97 Å². The van der Waals surface area contributed by atoms with Crippen molar-refractivity contribution in [3.63, 3.8) is 0 Å². The quantitative estimate of drug-likeness (QED) is 0.364. The molecule has 10 nitrogen and oxygen atoms in total. The summed E-state index contributed by atoms with van der Waals surface area (Å²) in [5, 5.41) is 17.4. The number of halogens is 1. The number of anilines is 2. The Balaban J connectivity index is 1.09. The number of carbonyl (C=O) groups excluding carboxylic acids is 1. The van der Waals surface area contributed by atoms with Crippen LogP contribution in [-0.4, -0.2) is 40.8 Å². The molecule has 3 saturated carbocycles. The Morgan fingerprint density at radius 2 is 1.94 bits per heavy atom. The van der Waals surface area contributed by atoms with Crippen LogP contribution in [0, 0.1) is 25.1 Å². The molecule has 3 aliphatic rings. The third kappa shape index (κ3) is 3.71. The largest absolute Gasteiger partial charge is 0.349 e. The highest BCUT2D eigenvalue weighted by Crippen LogP contribution is 2.73. The van der Waals surface area contributed by atoms with Crippen LogP contribution in [0.5, 0.6) is 0 Å². The third-order valence-electron chi connectivity index (χ3n) is 7.21. The Hall–Kier alpha value is -4.15. The van der Waals surface area contributed by atoms with Crippen molar-refractivity contribution in [1.82, 2.24) is 40.2 Å². The normalized spacial score (nSPS) is 22.9. The van der Waals surface area contributed by atoms with Gasteiger partial charge in [0.2, 0.25) is 5.91 Å². The molecule has 3 fully saturated rings. The molecule has 1 amide bonds. The lowest BCUT2D eigenvalue weighted by Gasteiger charge is -2.68. The first kappa shape index (κ1) is 22.3. The van der Waals surface area contributed by atoms with E-state index in [0.717, 1.165) is 54.1 Å². The Labute approximate surface area is 206 Å². The fourth-order valence-corrected chi connectivity index (χ4v) is 5.41. The van der Waals surface area contributed by atoms with E-state index in [0.29, 0.717) is 11.6 Å². The van der Waals surface area contributed by atoms with Gasteiger partial charge in [-0.15, -0.1) is 0 Å². The summed E-state index contributed by atoms with van der Waals surface area (Å²) in [6.07, 6.45) is 6.31. The van der Waals surface area contributed by atoms with Crippen LogP contribution >= 0.6 is 0 Å². The van der Waals surface area contributed by atoms with E-state index in [1.165, 1.54) is 10.9 Å². The molecule has 3 aliphatic carbocycles. The van der Waals surface area contributed by atoms with Crippen LogP contribution in [-0.2, 0) is 10.2 Å². The molecule has 7 rings (SSSR count). The number of carbonyl (C=O) groups is 1. The molecule has 36 heavy (non-hydrogen) atoms. The minimum absolute atomic E-state index is 0.0500. The number of amides is 1. The topological polar surface area (TPSA) is 126 Å². The predicted molar refractivity (Wildman–Crippen MR) is 129 cm³/mol. The highest BCUT2D eigenvalue weighted by atomic mass is 19.1. The monoisotopic (exact) mass is 487 g/mol. The first-order valence-corrected chi connectivity index (χ1v) is 11.9. The minimum atomic E-state index is -0.422. The van der Waals surface area contributed by atoms with Gasteiger partial charge in [0.05, 0.1) is 29.5 Å². The number of aryl methyl sites for hydroxylation is 2. The summed E-state index contributed by atoms with van der Waals surface area (Å²) < 4.78 is 14.6. The lowest BCUT2D eigenvalue weighted by atomic mass is 9.34. The summed E-state index contributed by atoms with van der Waals surface area (Å²) in [4.78, 5) is 27.0. The number of nitrogens with one attached hydrogen (secondary N) is 3. The van der Waals surface area contributed by atoms with Crippen molar-refractivity contribution in [2.24, 2.45) is 5.41 Å². The SMILES string of the molecule is Cc1cc(Nc2cc(C)nc(C34CC(C(=O)N[C@H](C)c5ccc(-n6cc(F)cn6)nc5)(C3)C4)n2)[nH]n1. The Morgan fingerprint density at radius 1 is 1.14 bits per heavy atom. The number of H-pyrrole nitrogens is 1. The molecular formula is C25H26FN9O. The first-order chi connectivity index (χ1) is 17.2. The standard InChI is InChI=1S/C25H26FN9O/c1-14-6-19(31-20-7-15(2)33-34-20)32-22(29-14)24-11-25(12-24,13-24)23(36)30-16(3)17-4-5-21(27-8-17)35-10-18(26)9-28-35/h4-10,16H,11-13H2,1-3H3,(H,30,36)(H2,29,31,32,33,34)/t16-,24?,25?/m1/s1. The molecule has 0 saturated heterocycles. The maximum absolute atomic E-state index is 13.2. The van der Waals surface area contributed by atoms with Gasteiger partial charge >= 0.3 is 0 Å². The second-order valence-electron chi connectivity index (χ2n) is 10.1. The molecule has 4 aromatic rings. The van der Waals surface area contributed by atoms with Gasteiger partial charge in [0.25, 0.3) is 0 Å². The smallest absolute Gasteiger partial charge is 0.226 e. The number of rotatable bonds is 7. The fourth-order valence-electron chi connectivity index (χ4n) is 5.41. The van der Waals surface area contributed by atoms with Crippen LogP contribution < -0.4 is 10.6 Å². The molecule has 2 bridgehead atoms. The van der Waals surface area contributed by atoms with Gasteiger partial charge in [0, 0.05) is 29.4 Å². The fraction of sp³-hybridized carbons (Fsp3) is 0.360. The molecule has 0 unspecified atom stereocenters. The lowest BCUT2D eigenvalue weighted by molar-refractivity contribution is -0.178. The van der Waals surface area contributed by atoms with Gasteiger partial charge in [-0.3, -0.25) is 9.89 Å². The van der Waals surface area contributed by atoms with Crippen molar-refractivity contribution < 1.29 is 9.18 Å². The van der Waals surface area contributed by atoms with E-state index in [1.807, 2.05) is 39.0 Å². The summed E-state index contributed by atoms with van der Waals surface area (Å²) in [5.41, 5.74) is 2.13. The van der Waals surface area contributed by atoms with Crippen LogP contribution in [0.25, 0.3) is 5.82 Å². The van der Waals surface area contributed by atoms with Crippen molar-refractivity contribution in [2.45, 2.75) is 51.5 Å². The van der Waals surface area contributed by atoms with Gasteiger partial charge in [-0.1, -0.05) is 6.07 Å². The van der Waals surface area contributed by atoms with E-state index < -0.39 is 5.82 Å². The number of hydrogen-bond acceptors (Lipinski definition) is 7. The summed E-state index contributed by atoms with van der Waals surface area (Å²) >= 11 is 0. The lowest BCUT2D eigenvalue weighted by Crippen LogP contribution is -2.70. The van der Waals surface area contributed by atoms with Gasteiger partial charge < -0.3 is 10.6 Å². The van der Waals surface area contributed by atoms with Crippen LogP contribution in [0.3, 0.4) is 0 Å². The van der Waals surface area contributed by atoms with E-state index >= 15 is 0 Å². The zero-order chi connectivity index (χ0) is 25.1. The second-order valence-corrected chi connectivity index (χ2v) is 10.1. The molecule has 0 aliphatic heterocycles. The van der Waals surface area contributed by atoms with Gasteiger partial charge in [0.1, 0.15) is 17.5 Å². The average Bonchev–Trinajstić information content (AvgIpc) is 3.39. The van der Waals surface area contributed by atoms with Gasteiger partial charge in [0.15, 0.2) is 11.6 Å². The maximum Gasteiger partial charge on any atom is 0.226 e. The summed E-state index contributed by atoms with van der Waals surface area (Å²) in [5.74, 6) is 2.42. The Kier molecular flexibility index (Phi) is 4.92. The second kappa shape index (κ2) is 7.94. The molecule has 11 heteroatoms. The van der Waals surface area contributed by atoms with Gasteiger partial charge in [-0.2, -0.15) is 10.2 Å². The highest BCUT2D eigenvalue weighted by Gasteiger charge is 2.73.